The molecular formula is C10H19N2O4Pt+. The first-order valence-electron chi connectivity index (χ1n) is 5.13. The molecule has 0 heterocycles. The van der Waals surface area contributed by atoms with Gasteiger partial charge in [0.25, 0.3) is 0 Å². The van der Waals surface area contributed by atoms with Gasteiger partial charge in [0.2, 0.25) is 0 Å². The monoisotopic (exact) mass is 426 g/mol. The van der Waals surface area contributed by atoms with Crippen LogP contribution < -0.4 is 0 Å². The summed E-state index contributed by atoms with van der Waals surface area (Å²) in [6, 6.07) is 0. The van der Waals surface area contributed by atoms with Crippen LogP contribution >= 0.6 is 0 Å². The molecule has 3 N–H and O–H groups in total. The molecule has 1 saturated carbocycles. The van der Waals surface area contributed by atoms with Crippen molar-refractivity contribution < 1.29 is 40.9 Å². The van der Waals surface area contributed by atoms with Gasteiger partial charge < -0.3 is 20.8 Å². The van der Waals surface area contributed by atoms with E-state index in [9.17, 15) is 9.59 Å². The van der Waals surface area contributed by atoms with Gasteiger partial charge in [-0.2, -0.15) is 0 Å². The van der Waals surface area contributed by atoms with Crippen LogP contribution in [-0.4, -0.2) is 54.2 Å². The third-order valence-electron chi connectivity index (χ3n) is 2.58. The van der Waals surface area contributed by atoms with E-state index in [1.807, 2.05) is 19.0 Å². The molecule has 0 unspecified atom stereocenters. The molecule has 0 aliphatic heterocycles. The SMILES string of the molecule is CN(C)CC[NH-].O=C(O)C1(C(=O)O)CCC1.[Pt+2]. The normalized spacial score (nSPS) is 16.0. The molecule has 102 valence electrons. The number of nitrogens with zero attached hydrogens (tertiary/aromatic N) is 1. The summed E-state index contributed by atoms with van der Waals surface area (Å²) < 4.78 is 0. The first kappa shape index (κ1) is 18.9. The first-order chi connectivity index (χ1) is 7.36. The Balaban J connectivity index is 0. The number of hydrogen-bond donors (Lipinski definition) is 2. The van der Waals surface area contributed by atoms with Crippen molar-refractivity contribution in [2.75, 3.05) is 27.2 Å². The van der Waals surface area contributed by atoms with E-state index >= 15 is 0 Å². The molecule has 0 atom stereocenters. The quantitative estimate of drug-likeness (QED) is 0.652. The molecule has 0 aromatic rings. The minimum absolute atomic E-state index is 0. The average molecular weight is 426 g/mol. The molecule has 17 heavy (non-hydrogen) atoms. The molecule has 0 spiro atoms. The zero-order valence-electron chi connectivity index (χ0n) is 10.0. The Morgan fingerprint density at radius 3 is 1.65 bits per heavy atom. The molecule has 0 amide bonds. The summed E-state index contributed by atoms with van der Waals surface area (Å²) in [4.78, 5) is 22.7. The number of carbonyl (C=O) groups is 2. The van der Waals surface area contributed by atoms with Crippen LogP contribution in [0, 0.1) is 5.41 Å². The molecule has 1 aliphatic carbocycles. The molecule has 0 aromatic heterocycles. The summed E-state index contributed by atoms with van der Waals surface area (Å²) >= 11 is 0. The minimum atomic E-state index is -1.44. The maximum atomic E-state index is 10.4. The van der Waals surface area contributed by atoms with Crippen LogP contribution in [-0.2, 0) is 30.7 Å². The number of aliphatic carboxylic acids is 2. The van der Waals surface area contributed by atoms with Gasteiger partial charge in [-0.25, -0.2) is 0 Å². The van der Waals surface area contributed by atoms with E-state index < -0.39 is 17.4 Å². The number of nitrogens with one attached hydrogen (secondary N) is 1. The fraction of sp³-hybridized carbons (Fsp3) is 0.800. The van der Waals surface area contributed by atoms with Gasteiger partial charge in [0.05, 0.1) is 0 Å². The molecule has 0 saturated heterocycles. The summed E-state index contributed by atoms with van der Waals surface area (Å²) in [5.74, 6) is -2.41. The van der Waals surface area contributed by atoms with Gasteiger partial charge in [0.15, 0.2) is 5.41 Å². The summed E-state index contributed by atoms with van der Waals surface area (Å²) in [6.45, 7) is 1.38. The summed E-state index contributed by atoms with van der Waals surface area (Å²) in [5, 5.41) is 16.9. The molecule has 7 heteroatoms. The Bertz CT molecular complexity index is 239. The summed E-state index contributed by atoms with van der Waals surface area (Å²) in [6.07, 6.45) is 1.26. The second-order valence-corrected chi connectivity index (χ2v) is 4.10. The second-order valence-electron chi connectivity index (χ2n) is 4.10. The van der Waals surface area contributed by atoms with Crippen molar-refractivity contribution in [1.29, 1.82) is 0 Å². The predicted octanol–water partition coefficient (Wildman–Crippen LogP) is 0.924. The van der Waals surface area contributed by atoms with Crippen LogP contribution in [0.5, 0.6) is 0 Å². The van der Waals surface area contributed by atoms with Crippen LogP contribution in [0.15, 0.2) is 0 Å². The number of rotatable bonds is 4. The topological polar surface area (TPSA) is 102 Å². The van der Waals surface area contributed by atoms with Crippen molar-refractivity contribution in [2.24, 2.45) is 5.41 Å². The van der Waals surface area contributed by atoms with E-state index in [4.69, 9.17) is 15.9 Å². The number of carboxylic acids is 2. The molecule has 1 rings (SSSR count). The molecule has 1 aliphatic rings. The largest absolute Gasteiger partial charge is 2.00 e. The number of hydrogen-bond acceptors (Lipinski definition) is 3. The van der Waals surface area contributed by atoms with E-state index in [2.05, 4.69) is 0 Å². The van der Waals surface area contributed by atoms with Crippen LogP contribution in [0.4, 0.5) is 0 Å². The van der Waals surface area contributed by atoms with E-state index in [1.165, 1.54) is 0 Å². The Hall–Kier alpha value is -0.452. The molecular weight excluding hydrogens is 407 g/mol. The Morgan fingerprint density at radius 1 is 1.24 bits per heavy atom. The average Bonchev–Trinajstić information content (AvgIpc) is 1.99. The maximum Gasteiger partial charge on any atom is 2.00 e. The third-order valence-corrected chi connectivity index (χ3v) is 2.58. The fourth-order valence-corrected chi connectivity index (χ4v) is 1.27. The van der Waals surface area contributed by atoms with Gasteiger partial charge in [0.1, 0.15) is 0 Å². The van der Waals surface area contributed by atoms with Crippen molar-refractivity contribution in [3.63, 3.8) is 0 Å². The standard InChI is InChI=1S/C6H8O4.C4H11N2.Pt/c7-4(8)6(5(9)10)2-1-3-6;1-6(2)4-3-5;/h1-3H2,(H,7,8)(H,9,10);5H,3-4H2,1-2H3;/q;-1;+2. The summed E-state index contributed by atoms with van der Waals surface area (Å²) in [5.41, 5.74) is 5.25. The molecule has 0 radical (unpaired) electrons. The Labute approximate surface area is 115 Å². The van der Waals surface area contributed by atoms with Gasteiger partial charge in [-0.3, -0.25) is 9.59 Å². The van der Waals surface area contributed by atoms with Gasteiger partial charge in [-0.15, -0.1) is 6.54 Å². The smallest absolute Gasteiger partial charge is 0.676 e. The van der Waals surface area contributed by atoms with Crippen molar-refractivity contribution in [3.05, 3.63) is 5.73 Å². The Morgan fingerprint density at radius 2 is 1.65 bits per heavy atom. The van der Waals surface area contributed by atoms with E-state index in [1.54, 1.807) is 0 Å². The fourth-order valence-electron chi connectivity index (χ4n) is 1.27. The summed E-state index contributed by atoms with van der Waals surface area (Å²) in [7, 11) is 3.93. The van der Waals surface area contributed by atoms with Crippen LogP contribution in [0.3, 0.4) is 0 Å². The third kappa shape index (κ3) is 5.61. The van der Waals surface area contributed by atoms with E-state index in [-0.39, 0.29) is 33.9 Å². The van der Waals surface area contributed by atoms with Crippen LogP contribution in [0.25, 0.3) is 5.73 Å². The van der Waals surface area contributed by atoms with Gasteiger partial charge in [-0.1, -0.05) is 0 Å². The molecule has 6 nitrogen and oxygen atoms in total. The van der Waals surface area contributed by atoms with Crippen molar-refractivity contribution >= 4 is 11.9 Å². The number of likely N-dealkylation sites (N-methyl/N-ethyl adjacent to an activating group) is 1. The van der Waals surface area contributed by atoms with Crippen molar-refractivity contribution in [3.8, 4) is 0 Å². The van der Waals surface area contributed by atoms with Gasteiger partial charge >= 0.3 is 33.0 Å². The Kier molecular flexibility index (Phi) is 9.57. The first-order valence-corrected chi connectivity index (χ1v) is 5.13. The molecule has 1 fully saturated rings. The van der Waals surface area contributed by atoms with Crippen LogP contribution in [0.2, 0.25) is 0 Å². The van der Waals surface area contributed by atoms with Crippen molar-refractivity contribution in [1.82, 2.24) is 4.90 Å². The second kappa shape index (κ2) is 8.61. The zero-order valence-corrected chi connectivity index (χ0v) is 12.3. The van der Waals surface area contributed by atoms with Gasteiger partial charge in [-0.05, 0) is 39.9 Å². The molecule has 0 bridgehead atoms. The van der Waals surface area contributed by atoms with Crippen LogP contribution in [0.1, 0.15) is 19.3 Å². The van der Waals surface area contributed by atoms with Crippen molar-refractivity contribution in [2.45, 2.75) is 19.3 Å². The minimum Gasteiger partial charge on any atom is -0.676 e. The van der Waals surface area contributed by atoms with E-state index in [0.29, 0.717) is 13.0 Å². The zero-order chi connectivity index (χ0) is 12.8. The van der Waals surface area contributed by atoms with Gasteiger partial charge in [0, 0.05) is 0 Å². The maximum absolute atomic E-state index is 10.4. The predicted molar refractivity (Wildman–Crippen MR) is 59.3 cm³/mol. The molecule has 0 aromatic carbocycles. The number of carboxylic acid groups (broad SMARTS) is 2. The van der Waals surface area contributed by atoms with E-state index in [0.717, 1.165) is 6.54 Å².